The molecule has 2 heterocycles. The molecular weight excluding hydrogens is 308 g/mol. The fourth-order valence-corrected chi connectivity index (χ4v) is 2.07. The van der Waals surface area contributed by atoms with E-state index >= 15 is 0 Å². The Balaban J connectivity index is 1.85. The lowest BCUT2D eigenvalue weighted by Crippen LogP contribution is -2.05. The number of nitrogens with zero attached hydrogens (tertiary/aromatic N) is 5. The Morgan fingerprint density at radius 1 is 1.17 bits per heavy atom. The third-order valence-corrected chi connectivity index (χ3v) is 3.25. The van der Waals surface area contributed by atoms with Crippen LogP contribution in [0.1, 0.15) is 5.56 Å². The Morgan fingerprint density at radius 3 is 2.83 bits per heavy atom. The Kier molecular flexibility index (Phi) is 4.74. The minimum atomic E-state index is 0.381. The minimum absolute atomic E-state index is 0.381. The second-order valence-corrected chi connectivity index (χ2v) is 4.80. The topological polar surface area (TPSA) is 110 Å². The van der Waals surface area contributed by atoms with E-state index in [-0.39, 0.29) is 0 Å². The molecule has 3 rings (SSSR count). The van der Waals surface area contributed by atoms with Crippen molar-refractivity contribution in [3.63, 3.8) is 0 Å². The summed E-state index contributed by atoms with van der Waals surface area (Å²) in [6, 6.07) is 9.16. The second kappa shape index (κ2) is 7.30. The molecule has 3 aromatic rings. The maximum atomic E-state index is 9.31. The fraction of sp³-hybridized carbons (Fsp3) is 0.188. The van der Waals surface area contributed by atoms with Crippen LogP contribution in [0.25, 0.3) is 22.8 Å². The molecule has 24 heavy (non-hydrogen) atoms. The van der Waals surface area contributed by atoms with Gasteiger partial charge in [-0.05, 0) is 24.3 Å². The van der Waals surface area contributed by atoms with E-state index in [9.17, 15) is 5.26 Å². The molecule has 0 amide bonds. The predicted molar refractivity (Wildman–Crippen MR) is 84.9 cm³/mol. The number of ether oxygens (including phenoxy) is 2. The van der Waals surface area contributed by atoms with Gasteiger partial charge < -0.3 is 9.47 Å². The highest BCUT2D eigenvalue weighted by Gasteiger charge is 2.11. The zero-order chi connectivity index (χ0) is 16.8. The SMILES string of the molecule is COCCOc1ccc(-c2nc(-c3ccnnc3)n[nH]2)cc1C#N. The van der Waals surface area contributed by atoms with Crippen molar-refractivity contribution < 1.29 is 9.47 Å². The average molecular weight is 322 g/mol. The number of methoxy groups -OCH3 is 1. The van der Waals surface area contributed by atoms with Crippen LogP contribution in [0.5, 0.6) is 5.75 Å². The molecule has 0 bridgehead atoms. The summed E-state index contributed by atoms with van der Waals surface area (Å²) < 4.78 is 10.5. The third kappa shape index (κ3) is 3.37. The number of aromatic amines is 1. The first-order valence-corrected chi connectivity index (χ1v) is 7.17. The van der Waals surface area contributed by atoms with Gasteiger partial charge in [-0.25, -0.2) is 4.98 Å². The summed E-state index contributed by atoms with van der Waals surface area (Å²) in [4.78, 5) is 4.43. The molecule has 0 unspecified atom stereocenters. The molecule has 0 saturated carbocycles. The standard InChI is InChI=1S/C16H14N6O2/c1-23-6-7-24-14-3-2-11(8-13(14)9-17)15-20-16(22-21-15)12-4-5-18-19-10-12/h2-5,8,10H,6-7H2,1H3,(H,20,21,22). The lowest BCUT2D eigenvalue weighted by atomic mass is 10.1. The zero-order valence-electron chi connectivity index (χ0n) is 12.9. The van der Waals surface area contributed by atoms with Crippen LogP contribution in [0.15, 0.2) is 36.7 Å². The molecule has 0 aliphatic rings. The van der Waals surface area contributed by atoms with Gasteiger partial charge in [-0.2, -0.15) is 20.6 Å². The van der Waals surface area contributed by atoms with Crippen molar-refractivity contribution in [1.29, 1.82) is 5.26 Å². The molecule has 2 aromatic heterocycles. The molecular formula is C16H14N6O2. The van der Waals surface area contributed by atoms with Crippen molar-refractivity contribution >= 4 is 0 Å². The van der Waals surface area contributed by atoms with Gasteiger partial charge in [-0.3, -0.25) is 5.10 Å². The lowest BCUT2D eigenvalue weighted by Gasteiger charge is -2.08. The van der Waals surface area contributed by atoms with Gasteiger partial charge in [-0.1, -0.05) is 0 Å². The van der Waals surface area contributed by atoms with E-state index in [0.29, 0.717) is 36.2 Å². The highest BCUT2D eigenvalue weighted by molar-refractivity contribution is 5.64. The number of hydrogen-bond acceptors (Lipinski definition) is 7. The van der Waals surface area contributed by atoms with Crippen molar-refractivity contribution in [2.45, 2.75) is 0 Å². The maximum Gasteiger partial charge on any atom is 0.183 e. The molecule has 1 N–H and O–H groups in total. The molecule has 1 aromatic carbocycles. The summed E-state index contributed by atoms with van der Waals surface area (Å²) in [5, 5.41) is 23.9. The van der Waals surface area contributed by atoms with Crippen LogP contribution in [-0.2, 0) is 4.74 Å². The van der Waals surface area contributed by atoms with E-state index in [1.165, 1.54) is 0 Å². The summed E-state index contributed by atoms with van der Waals surface area (Å²) in [7, 11) is 1.59. The molecule has 0 atom stereocenters. The Labute approximate surface area is 138 Å². The number of benzene rings is 1. The van der Waals surface area contributed by atoms with E-state index in [2.05, 4.69) is 31.4 Å². The largest absolute Gasteiger partial charge is 0.490 e. The van der Waals surface area contributed by atoms with Crippen LogP contribution in [0.4, 0.5) is 0 Å². The predicted octanol–water partition coefficient (Wildman–Crippen LogP) is 1.83. The van der Waals surface area contributed by atoms with Gasteiger partial charge in [0.1, 0.15) is 18.4 Å². The second-order valence-electron chi connectivity index (χ2n) is 4.80. The summed E-state index contributed by atoms with van der Waals surface area (Å²) >= 11 is 0. The van der Waals surface area contributed by atoms with Gasteiger partial charge in [0.25, 0.3) is 0 Å². The van der Waals surface area contributed by atoms with Crippen molar-refractivity contribution in [3.8, 4) is 34.6 Å². The van der Waals surface area contributed by atoms with E-state index in [1.807, 2.05) is 6.07 Å². The first-order valence-electron chi connectivity index (χ1n) is 7.17. The van der Waals surface area contributed by atoms with Gasteiger partial charge in [0.15, 0.2) is 11.6 Å². The highest BCUT2D eigenvalue weighted by atomic mass is 16.5. The summed E-state index contributed by atoms with van der Waals surface area (Å²) in [5.41, 5.74) is 1.92. The Bertz CT molecular complexity index is 857. The van der Waals surface area contributed by atoms with Crippen LogP contribution in [0.3, 0.4) is 0 Å². The zero-order valence-corrected chi connectivity index (χ0v) is 12.9. The number of H-pyrrole nitrogens is 1. The van der Waals surface area contributed by atoms with Crippen LogP contribution < -0.4 is 4.74 Å². The lowest BCUT2D eigenvalue weighted by molar-refractivity contribution is 0.146. The molecule has 0 aliphatic heterocycles. The number of rotatable bonds is 6. The molecule has 120 valence electrons. The van der Waals surface area contributed by atoms with Crippen molar-refractivity contribution in [3.05, 3.63) is 42.2 Å². The van der Waals surface area contributed by atoms with Crippen LogP contribution in [-0.4, -0.2) is 45.7 Å². The maximum absolute atomic E-state index is 9.31. The molecule has 8 nitrogen and oxygen atoms in total. The van der Waals surface area contributed by atoms with Gasteiger partial charge >= 0.3 is 0 Å². The fourth-order valence-electron chi connectivity index (χ4n) is 2.07. The summed E-state index contributed by atoms with van der Waals surface area (Å²) in [5.74, 6) is 1.58. The molecule has 0 saturated heterocycles. The molecule has 0 fully saturated rings. The smallest absolute Gasteiger partial charge is 0.183 e. The minimum Gasteiger partial charge on any atom is -0.490 e. The van der Waals surface area contributed by atoms with Crippen molar-refractivity contribution in [2.24, 2.45) is 0 Å². The summed E-state index contributed by atoms with van der Waals surface area (Å²) in [6.45, 7) is 0.837. The number of aromatic nitrogens is 5. The first-order chi connectivity index (χ1) is 11.8. The Morgan fingerprint density at radius 2 is 2.08 bits per heavy atom. The normalized spacial score (nSPS) is 10.3. The van der Waals surface area contributed by atoms with Crippen LogP contribution >= 0.6 is 0 Å². The number of nitrogens with one attached hydrogen (secondary N) is 1. The quantitative estimate of drug-likeness (QED) is 0.689. The van der Waals surface area contributed by atoms with E-state index in [1.54, 1.807) is 37.7 Å². The average Bonchev–Trinajstić information content (AvgIpc) is 3.13. The van der Waals surface area contributed by atoms with Gasteiger partial charge in [0.2, 0.25) is 0 Å². The number of hydrogen-bond donors (Lipinski definition) is 1. The van der Waals surface area contributed by atoms with Crippen LogP contribution in [0.2, 0.25) is 0 Å². The molecule has 0 radical (unpaired) electrons. The van der Waals surface area contributed by atoms with Crippen molar-refractivity contribution in [2.75, 3.05) is 20.3 Å². The molecule has 8 heteroatoms. The number of nitriles is 1. The molecule has 0 spiro atoms. The van der Waals surface area contributed by atoms with Crippen molar-refractivity contribution in [1.82, 2.24) is 25.4 Å². The van der Waals surface area contributed by atoms with Gasteiger partial charge in [0.05, 0.1) is 24.6 Å². The van der Waals surface area contributed by atoms with Crippen LogP contribution in [0, 0.1) is 11.3 Å². The van der Waals surface area contributed by atoms with Gasteiger partial charge in [0, 0.05) is 18.2 Å². The summed E-state index contributed by atoms with van der Waals surface area (Å²) in [6.07, 6.45) is 3.16. The van der Waals surface area contributed by atoms with Gasteiger partial charge in [-0.15, -0.1) is 0 Å². The van der Waals surface area contributed by atoms with E-state index in [4.69, 9.17) is 9.47 Å². The first kappa shape index (κ1) is 15.6. The highest BCUT2D eigenvalue weighted by Crippen LogP contribution is 2.25. The van der Waals surface area contributed by atoms with E-state index < -0.39 is 0 Å². The Hall–Kier alpha value is -3.31. The molecule has 0 aliphatic carbocycles. The van der Waals surface area contributed by atoms with E-state index in [0.717, 1.165) is 11.1 Å². The third-order valence-electron chi connectivity index (χ3n) is 3.25. The monoisotopic (exact) mass is 322 g/mol.